The molecule has 1 aliphatic rings. The molecule has 1 aliphatic heterocycles. The van der Waals surface area contributed by atoms with Crippen molar-refractivity contribution in [3.05, 3.63) is 77.0 Å². The van der Waals surface area contributed by atoms with E-state index in [-0.39, 0.29) is 21.4 Å². The van der Waals surface area contributed by atoms with E-state index in [0.29, 0.717) is 28.5 Å². The number of aromatic nitrogens is 2. The normalized spacial score (nSPS) is 15.2. The molecule has 2 aromatic carbocycles. The van der Waals surface area contributed by atoms with E-state index in [1.54, 1.807) is 36.7 Å². The van der Waals surface area contributed by atoms with Gasteiger partial charge in [-0.05, 0) is 54.6 Å². The van der Waals surface area contributed by atoms with Crippen molar-refractivity contribution in [1.29, 1.82) is 0 Å². The van der Waals surface area contributed by atoms with Gasteiger partial charge in [0.25, 0.3) is 10.0 Å². The number of benzene rings is 2. The van der Waals surface area contributed by atoms with E-state index >= 15 is 0 Å². The average Bonchev–Trinajstić information content (AvgIpc) is 2.79. The molecule has 12 heteroatoms. The Morgan fingerprint density at radius 2 is 1.79 bits per heavy atom. The van der Waals surface area contributed by atoms with Crippen molar-refractivity contribution in [3.8, 4) is 11.3 Å². The van der Waals surface area contributed by atoms with Gasteiger partial charge in [-0.2, -0.15) is 0 Å². The third-order valence-corrected chi connectivity index (χ3v) is 9.32. The summed E-state index contributed by atoms with van der Waals surface area (Å²) in [5, 5.41) is 1.18. The zero-order valence-corrected chi connectivity index (χ0v) is 20.5. The van der Waals surface area contributed by atoms with E-state index in [1.807, 2.05) is 6.07 Å². The van der Waals surface area contributed by atoms with E-state index in [4.69, 9.17) is 23.2 Å². The van der Waals surface area contributed by atoms with Gasteiger partial charge in [0.05, 0.1) is 32.7 Å². The van der Waals surface area contributed by atoms with Gasteiger partial charge in [-0.15, -0.1) is 0 Å². The molecule has 34 heavy (non-hydrogen) atoms. The van der Waals surface area contributed by atoms with Crippen molar-refractivity contribution in [1.82, 2.24) is 9.97 Å². The summed E-state index contributed by atoms with van der Waals surface area (Å²) in [4.78, 5) is 8.48. The second-order valence-corrected chi connectivity index (χ2v) is 12.0. The van der Waals surface area contributed by atoms with Crippen molar-refractivity contribution in [2.45, 2.75) is 4.90 Å². The van der Waals surface area contributed by atoms with E-state index < -0.39 is 20.0 Å². The molecule has 0 atom stereocenters. The molecule has 0 bridgehead atoms. The number of pyridine rings is 2. The second kappa shape index (κ2) is 8.38. The molecule has 4 aromatic rings. The maximum Gasteiger partial charge on any atom is 0.263 e. The Morgan fingerprint density at radius 1 is 0.971 bits per heavy atom. The minimum Gasteiger partial charge on any atom is -0.280 e. The van der Waals surface area contributed by atoms with Crippen LogP contribution in [0.3, 0.4) is 0 Å². The molecule has 1 fully saturated rings. The molecular formula is C22H16Cl2N4O4S2. The van der Waals surface area contributed by atoms with Crippen molar-refractivity contribution in [3.63, 3.8) is 0 Å². The summed E-state index contributed by atoms with van der Waals surface area (Å²) in [5.74, 6) is 0.0497. The predicted octanol–water partition coefficient (Wildman–Crippen LogP) is 4.55. The van der Waals surface area contributed by atoms with Crippen LogP contribution in [0.4, 0.5) is 11.4 Å². The van der Waals surface area contributed by atoms with E-state index in [2.05, 4.69) is 14.7 Å². The Kier molecular flexibility index (Phi) is 5.64. The van der Waals surface area contributed by atoms with Gasteiger partial charge in [0.2, 0.25) is 10.0 Å². The first-order chi connectivity index (χ1) is 16.1. The van der Waals surface area contributed by atoms with Crippen molar-refractivity contribution < 1.29 is 16.8 Å². The van der Waals surface area contributed by atoms with Gasteiger partial charge in [-0.3, -0.25) is 14.0 Å². The largest absolute Gasteiger partial charge is 0.280 e. The van der Waals surface area contributed by atoms with Gasteiger partial charge < -0.3 is 0 Å². The summed E-state index contributed by atoms with van der Waals surface area (Å²) in [7, 11) is -7.42. The van der Waals surface area contributed by atoms with Crippen LogP contribution in [-0.2, 0) is 20.0 Å². The summed E-state index contributed by atoms with van der Waals surface area (Å²) >= 11 is 12.6. The van der Waals surface area contributed by atoms with Crippen molar-refractivity contribution in [2.75, 3.05) is 21.3 Å². The van der Waals surface area contributed by atoms with Crippen LogP contribution in [0.2, 0.25) is 10.0 Å². The fraction of sp³-hybridized carbons (Fsp3) is 0.0909. The molecule has 0 aliphatic carbocycles. The number of hydrogen-bond acceptors (Lipinski definition) is 6. The highest BCUT2D eigenvalue weighted by molar-refractivity contribution is 7.94. The number of sulfonamides is 2. The van der Waals surface area contributed by atoms with Crippen LogP contribution in [0.5, 0.6) is 0 Å². The molecular weight excluding hydrogens is 519 g/mol. The van der Waals surface area contributed by atoms with Gasteiger partial charge in [-0.1, -0.05) is 23.2 Å². The van der Waals surface area contributed by atoms with Crippen LogP contribution in [0.25, 0.3) is 22.2 Å². The van der Waals surface area contributed by atoms with E-state index in [9.17, 15) is 16.8 Å². The molecule has 0 radical (unpaired) electrons. The molecule has 0 saturated carbocycles. The van der Waals surface area contributed by atoms with Crippen molar-refractivity contribution >= 4 is 65.5 Å². The lowest BCUT2D eigenvalue weighted by molar-refractivity contribution is 0.578. The first-order valence-corrected chi connectivity index (χ1v) is 13.8. The van der Waals surface area contributed by atoms with Crippen LogP contribution in [0.1, 0.15) is 0 Å². The smallest absolute Gasteiger partial charge is 0.263 e. The topological polar surface area (TPSA) is 109 Å². The number of anilines is 2. The van der Waals surface area contributed by atoms with Gasteiger partial charge in [-0.25, -0.2) is 21.8 Å². The number of halogens is 2. The van der Waals surface area contributed by atoms with Gasteiger partial charge in [0.15, 0.2) is 0 Å². The molecule has 1 saturated heterocycles. The fourth-order valence-electron chi connectivity index (χ4n) is 3.59. The summed E-state index contributed by atoms with van der Waals surface area (Å²) in [5.41, 5.74) is 2.43. The quantitative estimate of drug-likeness (QED) is 0.402. The Morgan fingerprint density at radius 3 is 2.50 bits per heavy atom. The van der Waals surface area contributed by atoms with Crippen LogP contribution >= 0.6 is 23.2 Å². The SMILES string of the molecule is O=S(=O)(Nc1ccc(Cl)c(-c2ccc3cnccc3n2)c1)c1ccc(N2CCS2(=O)=O)cc1Cl. The second-order valence-electron chi connectivity index (χ2n) is 7.57. The van der Waals surface area contributed by atoms with Crippen LogP contribution in [-0.4, -0.2) is 39.1 Å². The zero-order valence-electron chi connectivity index (χ0n) is 17.3. The molecule has 174 valence electrons. The minimum absolute atomic E-state index is 0.0497. The van der Waals surface area contributed by atoms with E-state index in [0.717, 1.165) is 10.9 Å². The lowest BCUT2D eigenvalue weighted by atomic mass is 10.1. The minimum atomic E-state index is -4.07. The Bertz CT molecular complexity index is 1660. The molecule has 5 rings (SSSR count). The molecule has 1 N–H and O–H groups in total. The van der Waals surface area contributed by atoms with Crippen molar-refractivity contribution in [2.24, 2.45) is 0 Å². The number of rotatable bonds is 5. The maximum atomic E-state index is 13.0. The zero-order chi connectivity index (χ0) is 24.1. The molecule has 3 heterocycles. The monoisotopic (exact) mass is 534 g/mol. The number of hydrogen-bond donors (Lipinski definition) is 1. The molecule has 2 aromatic heterocycles. The van der Waals surface area contributed by atoms with E-state index in [1.165, 1.54) is 28.6 Å². The Hall–Kier alpha value is -2.92. The summed E-state index contributed by atoms with van der Waals surface area (Å²) in [6.07, 6.45) is 3.34. The number of fused-ring (bicyclic) bond motifs is 1. The summed E-state index contributed by atoms with van der Waals surface area (Å²) < 4.78 is 53.4. The van der Waals surface area contributed by atoms with Gasteiger partial charge in [0, 0.05) is 35.6 Å². The molecule has 8 nitrogen and oxygen atoms in total. The molecule has 0 unspecified atom stereocenters. The number of nitrogens with one attached hydrogen (secondary N) is 1. The first kappa shape index (κ1) is 22.9. The third kappa shape index (κ3) is 4.18. The summed E-state index contributed by atoms with van der Waals surface area (Å²) in [6.45, 7) is 0.329. The standard InChI is InChI=1S/C22H16Cl2N4O4S2/c23-18-4-2-15(11-17(18)21-5-1-14-13-25-8-7-20(14)26-21)27-34(31,32)22-6-3-16(12-19(22)24)28-9-10-33(28,29)30/h1-8,11-13,27H,9-10H2. The lowest BCUT2D eigenvalue weighted by Gasteiger charge is -2.32. The number of nitrogens with zero attached hydrogens (tertiary/aromatic N) is 3. The average molecular weight is 535 g/mol. The third-order valence-electron chi connectivity index (χ3n) is 5.37. The van der Waals surface area contributed by atoms with Crippen LogP contribution in [0.15, 0.2) is 71.9 Å². The highest BCUT2D eigenvalue weighted by Gasteiger charge is 2.33. The molecule has 0 spiro atoms. The summed E-state index contributed by atoms with van der Waals surface area (Å²) in [6, 6.07) is 14.1. The Balaban J connectivity index is 1.46. The lowest BCUT2D eigenvalue weighted by Crippen LogP contribution is -2.47. The fourth-order valence-corrected chi connectivity index (χ4v) is 6.50. The van der Waals surface area contributed by atoms with Gasteiger partial charge >= 0.3 is 0 Å². The molecule has 0 amide bonds. The predicted molar refractivity (Wildman–Crippen MR) is 133 cm³/mol. The van der Waals surface area contributed by atoms with Gasteiger partial charge in [0.1, 0.15) is 4.90 Å². The maximum absolute atomic E-state index is 13.0. The van der Waals surface area contributed by atoms with Crippen LogP contribution < -0.4 is 9.03 Å². The highest BCUT2D eigenvalue weighted by Crippen LogP contribution is 2.34. The van der Waals surface area contributed by atoms with Crippen LogP contribution in [0, 0.1) is 0 Å². The highest BCUT2D eigenvalue weighted by atomic mass is 35.5. The Labute approximate surface area is 206 Å². The first-order valence-electron chi connectivity index (χ1n) is 9.98.